The Bertz CT molecular complexity index is 1330. The fourth-order valence-electron chi connectivity index (χ4n) is 4.47. The lowest BCUT2D eigenvalue weighted by atomic mass is 9.84. The van der Waals surface area contributed by atoms with Crippen molar-refractivity contribution in [2.24, 2.45) is 5.41 Å². The van der Waals surface area contributed by atoms with E-state index in [0.29, 0.717) is 27.7 Å². The van der Waals surface area contributed by atoms with Crippen LogP contribution in [0.2, 0.25) is 0 Å². The number of amides is 2. The number of halogens is 1. The largest absolute Gasteiger partial charge is 0.464 e. The number of hydrogen-bond donors (Lipinski definition) is 2. The van der Waals surface area contributed by atoms with Crippen molar-refractivity contribution in [1.82, 2.24) is 20.4 Å². The van der Waals surface area contributed by atoms with Crippen molar-refractivity contribution < 1.29 is 28.7 Å². The molecule has 0 spiro atoms. The van der Waals surface area contributed by atoms with Gasteiger partial charge in [0.25, 0.3) is 0 Å². The van der Waals surface area contributed by atoms with Crippen LogP contribution in [-0.2, 0) is 16.0 Å². The Morgan fingerprint density at radius 1 is 1.18 bits per heavy atom. The van der Waals surface area contributed by atoms with Gasteiger partial charge in [0.15, 0.2) is 17.3 Å². The van der Waals surface area contributed by atoms with Gasteiger partial charge < -0.3 is 24.4 Å². The summed E-state index contributed by atoms with van der Waals surface area (Å²) in [5.74, 6) is -0.121. The second-order valence-corrected chi connectivity index (χ2v) is 12.0. The molecule has 208 valence electrons. The second-order valence-electron chi connectivity index (χ2n) is 11.2. The van der Waals surface area contributed by atoms with Gasteiger partial charge in [-0.1, -0.05) is 50.2 Å². The van der Waals surface area contributed by atoms with Crippen LogP contribution in [0.5, 0.6) is 0 Å². The molecular formula is C27H32BrN5O6. The number of benzene rings is 1. The molecular weight excluding hydrogens is 570 g/mol. The number of carbonyl (C=O) groups is 2. The Hall–Kier alpha value is -3.35. The van der Waals surface area contributed by atoms with Crippen LogP contribution in [0, 0.1) is 5.41 Å². The molecule has 4 rings (SSSR count). The number of anilines is 1. The SMILES string of the molecule is CC(C)(C)CC(C)(C)OC(=O)N(C(=O)O)c1ncc(Br)nc1-c1cc(-c2ccc(CNC3COC3)cc2)no1. The number of hydrogen-bond acceptors (Lipinski definition) is 9. The average molecular weight is 602 g/mol. The van der Waals surface area contributed by atoms with E-state index in [1.165, 1.54) is 6.20 Å². The molecule has 1 aliphatic heterocycles. The molecule has 0 saturated carbocycles. The van der Waals surface area contributed by atoms with Crippen molar-refractivity contribution in [2.45, 2.75) is 59.2 Å². The third-order valence-electron chi connectivity index (χ3n) is 5.86. The number of rotatable bonds is 8. The number of nitrogens with one attached hydrogen (secondary N) is 1. The maximum atomic E-state index is 13.1. The number of carbonyl (C=O) groups excluding carboxylic acids is 1. The molecule has 2 amide bonds. The molecule has 1 fully saturated rings. The van der Waals surface area contributed by atoms with Crippen LogP contribution in [0.4, 0.5) is 15.4 Å². The maximum absolute atomic E-state index is 13.1. The van der Waals surface area contributed by atoms with Crippen LogP contribution < -0.4 is 10.2 Å². The molecule has 0 radical (unpaired) electrons. The van der Waals surface area contributed by atoms with Crippen LogP contribution in [0.1, 0.15) is 46.6 Å². The molecule has 0 bridgehead atoms. The standard InChI is InChI=1S/C27H32BrN5O6/c1-26(2,3)15-27(4,5)38-25(36)33(24(34)35)23-22(31-21(28)12-30-23)20-10-19(32-39-20)17-8-6-16(7-9-17)11-29-18-13-37-14-18/h6-10,12,18,29H,11,13-15H2,1-5H3,(H,34,35). The number of ether oxygens (including phenoxy) is 2. The van der Waals surface area contributed by atoms with Gasteiger partial charge in [-0.2, -0.15) is 4.90 Å². The minimum atomic E-state index is -1.57. The van der Waals surface area contributed by atoms with Gasteiger partial charge in [-0.05, 0) is 47.2 Å². The average Bonchev–Trinajstić information content (AvgIpc) is 3.27. The fraction of sp³-hybridized carbons (Fsp3) is 0.444. The van der Waals surface area contributed by atoms with E-state index in [4.69, 9.17) is 14.0 Å². The van der Waals surface area contributed by atoms with Gasteiger partial charge >= 0.3 is 12.2 Å². The third kappa shape index (κ3) is 7.40. The van der Waals surface area contributed by atoms with E-state index in [9.17, 15) is 14.7 Å². The number of aromatic nitrogens is 3. The van der Waals surface area contributed by atoms with E-state index in [1.807, 2.05) is 45.0 Å². The monoisotopic (exact) mass is 601 g/mol. The predicted molar refractivity (Wildman–Crippen MR) is 147 cm³/mol. The summed E-state index contributed by atoms with van der Waals surface area (Å²) in [6, 6.07) is 9.82. The zero-order valence-corrected chi connectivity index (χ0v) is 24.1. The van der Waals surface area contributed by atoms with Gasteiger partial charge in [0, 0.05) is 18.2 Å². The highest BCUT2D eigenvalue weighted by atomic mass is 79.9. The molecule has 2 N–H and O–H groups in total. The summed E-state index contributed by atoms with van der Waals surface area (Å²) in [6.45, 7) is 11.7. The van der Waals surface area contributed by atoms with E-state index >= 15 is 0 Å². The summed E-state index contributed by atoms with van der Waals surface area (Å²) in [4.78, 5) is 34.3. The molecule has 12 heteroatoms. The summed E-state index contributed by atoms with van der Waals surface area (Å²) < 4.78 is 16.6. The zero-order valence-electron chi connectivity index (χ0n) is 22.5. The highest BCUT2D eigenvalue weighted by Gasteiger charge is 2.36. The third-order valence-corrected chi connectivity index (χ3v) is 6.24. The van der Waals surface area contributed by atoms with Gasteiger partial charge in [-0.25, -0.2) is 19.6 Å². The Kier molecular flexibility index (Phi) is 8.38. The quantitative estimate of drug-likeness (QED) is 0.321. The smallest absolute Gasteiger partial charge is 0.425 e. The first kappa shape index (κ1) is 28.7. The first-order valence-electron chi connectivity index (χ1n) is 12.5. The minimum absolute atomic E-state index is 0.0136. The molecule has 39 heavy (non-hydrogen) atoms. The molecule has 0 atom stereocenters. The second kappa shape index (κ2) is 11.4. The molecule has 3 aromatic rings. The summed E-state index contributed by atoms with van der Waals surface area (Å²) in [7, 11) is 0. The summed E-state index contributed by atoms with van der Waals surface area (Å²) in [6.07, 6.45) is -0.857. The van der Waals surface area contributed by atoms with Crippen LogP contribution in [0.3, 0.4) is 0 Å². The molecule has 0 aliphatic carbocycles. The molecule has 2 aromatic heterocycles. The van der Waals surface area contributed by atoms with Crippen molar-refractivity contribution in [3.05, 3.63) is 46.7 Å². The fourth-order valence-corrected chi connectivity index (χ4v) is 4.75. The molecule has 0 unspecified atom stereocenters. The van der Waals surface area contributed by atoms with Gasteiger partial charge in [0.2, 0.25) is 0 Å². The number of imide groups is 1. The number of carboxylic acid groups (broad SMARTS) is 1. The van der Waals surface area contributed by atoms with E-state index in [2.05, 4.69) is 36.4 Å². The van der Waals surface area contributed by atoms with Crippen molar-refractivity contribution in [2.75, 3.05) is 18.1 Å². The van der Waals surface area contributed by atoms with Crippen molar-refractivity contribution in [3.8, 4) is 22.7 Å². The topological polar surface area (TPSA) is 140 Å². The van der Waals surface area contributed by atoms with Crippen LogP contribution in [-0.4, -0.2) is 57.3 Å². The molecule has 1 saturated heterocycles. The van der Waals surface area contributed by atoms with Crippen LogP contribution in [0.25, 0.3) is 22.7 Å². The Morgan fingerprint density at radius 2 is 1.87 bits per heavy atom. The summed E-state index contributed by atoms with van der Waals surface area (Å²) >= 11 is 3.26. The van der Waals surface area contributed by atoms with Gasteiger partial charge in [-0.15, -0.1) is 0 Å². The molecule has 1 aromatic carbocycles. The van der Waals surface area contributed by atoms with Crippen LogP contribution >= 0.6 is 15.9 Å². The first-order chi connectivity index (χ1) is 18.3. The zero-order chi connectivity index (χ0) is 28.4. The van der Waals surface area contributed by atoms with Crippen molar-refractivity contribution >= 4 is 33.9 Å². The van der Waals surface area contributed by atoms with E-state index in [1.54, 1.807) is 19.9 Å². The van der Waals surface area contributed by atoms with Gasteiger partial charge in [-0.3, -0.25) is 0 Å². The minimum Gasteiger partial charge on any atom is -0.464 e. The highest BCUT2D eigenvalue weighted by Crippen LogP contribution is 2.34. The normalized spacial score (nSPS) is 14.1. The first-order valence-corrected chi connectivity index (χ1v) is 13.3. The van der Waals surface area contributed by atoms with Crippen molar-refractivity contribution in [3.63, 3.8) is 0 Å². The van der Waals surface area contributed by atoms with Crippen LogP contribution in [0.15, 0.2) is 45.7 Å². The van der Waals surface area contributed by atoms with Gasteiger partial charge in [0.05, 0.1) is 25.5 Å². The number of nitrogens with zero attached hydrogens (tertiary/aromatic N) is 4. The van der Waals surface area contributed by atoms with Crippen molar-refractivity contribution in [1.29, 1.82) is 0 Å². The lowest BCUT2D eigenvalue weighted by Gasteiger charge is -2.33. The Labute approximate surface area is 235 Å². The lowest BCUT2D eigenvalue weighted by Crippen LogP contribution is -2.45. The summed E-state index contributed by atoms with van der Waals surface area (Å²) in [5.41, 5.74) is 1.35. The maximum Gasteiger partial charge on any atom is 0.425 e. The van der Waals surface area contributed by atoms with Gasteiger partial charge in [0.1, 0.15) is 15.9 Å². The predicted octanol–water partition coefficient (Wildman–Crippen LogP) is 5.89. The molecule has 11 nitrogen and oxygen atoms in total. The van der Waals surface area contributed by atoms with E-state index < -0.39 is 17.8 Å². The molecule has 1 aliphatic rings. The summed E-state index contributed by atoms with van der Waals surface area (Å²) in [5, 5.41) is 17.5. The van der Waals surface area contributed by atoms with E-state index in [0.717, 1.165) is 30.9 Å². The van der Waals surface area contributed by atoms with E-state index in [-0.39, 0.29) is 22.7 Å². The highest BCUT2D eigenvalue weighted by molar-refractivity contribution is 9.10. The Morgan fingerprint density at radius 3 is 2.46 bits per heavy atom. The lowest BCUT2D eigenvalue weighted by molar-refractivity contribution is -0.00578. The Balaban J connectivity index is 1.58. The molecule has 3 heterocycles.